The van der Waals surface area contributed by atoms with E-state index in [0.717, 1.165) is 5.56 Å². The van der Waals surface area contributed by atoms with Crippen molar-refractivity contribution in [2.24, 2.45) is 5.10 Å². The lowest BCUT2D eigenvalue weighted by Crippen LogP contribution is -2.17. The number of nitrogens with one attached hydrogen (secondary N) is 1. The van der Waals surface area contributed by atoms with E-state index in [0.29, 0.717) is 11.3 Å². The molecular formula is C15H13N3O4. The molecule has 1 amide bonds. The molecule has 0 unspecified atom stereocenters. The second-order valence-corrected chi connectivity index (χ2v) is 4.38. The van der Waals surface area contributed by atoms with Crippen molar-refractivity contribution in [2.45, 2.75) is 6.92 Å². The quantitative estimate of drug-likeness (QED) is 0.521. The third-order valence-electron chi connectivity index (χ3n) is 2.66. The predicted octanol–water partition coefficient (Wildman–Crippen LogP) is 2.93. The van der Waals surface area contributed by atoms with Crippen LogP contribution in [0.1, 0.15) is 21.7 Å². The van der Waals surface area contributed by atoms with Crippen LogP contribution in [0.3, 0.4) is 0 Å². The van der Waals surface area contributed by atoms with Crippen molar-refractivity contribution >= 4 is 24.1 Å². The molecule has 0 aliphatic carbocycles. The summed E-state index contributed by atoms with van der Waals surface area (Å²) in [5, 5.41) is 14.2. The molecular weight excluding hydrogens is 286 g/mol. The number of aryl methyl sites for hydroxylation is 1. The Kier molecular flexibility index (Phi) is 4.81. The van der Waals surface area contributed by atoms with E-state index in [9.17, 15) is 14.9 Å². The molecule has 0 aliphatic rings. The number of hydrogen-bond acceptors (Lipinski definition) is 5. The zero-order valence-corrected chi connectivity index (χ0v) is 11.7. The molecule has 2 aromatic rings. The molecule has 7 heteroatoms. The van der Waals surface area contributed by atoms with Crippen molar-refractivity contribution in [1.82, 2.24) is 5.43 Å². The van der Waals surface area contributed by atoms with Crippen molar-refractivity contribution in [3.05, 3.63) is 69.5 Å². The van der Waals surface area contributed by atoms with Gasteiger partial charge in [0.1, 0.15) is 10.7 Å². The lowest BCUT2D eigenvalue weighted by Gasteiger charge is -1.99. The smallest absolute Gasteiger partial charge is 0.401 e. The molecule has 0 radical (unpaired) electrons. The molecule has 1 heterocycles. The van der Waals surface area contributed by atoms with Gasteiger partial charge in [0, 0.05) is 11.8 Å². The zero-order valence-electron chi connectivity index (χ0n) is 11.7. The Balaban J connectivity index is 1.88. The Morgan fingerprint density at radius 3 is 2.86 bits per heavy atom. The molecule has 1 aromatic carbocycles. The van der Waals surface area contributed by atoms with E-state index in [4.69, 9.17) is 4.42 Å². The summed E-state index contributed by atoms with van der Waals surface area (Å²) in [5.41, 5.74) is 3.88. The molecule has 0 saturated heterocycles. The average molecular weight is 299 g/mol. The first-order chi connectivity index (χ1) is 10.6. The predicted molar refractivity (Wildman–Crippen MR) is 81.5 cm³/mol. The summed E-state index contributed by atoms with van der Waals surface area (Å²) in [6.07, 6.45) is 4.34. The normalized spacial score (nSPS) is 11.1. The molecule has 112 valence electrons. The number of amides is 1. The first-order valence-electron chi connectivity index (χ1n) is 6.37. The van der Waals surface area contributed by atoms with Crippen LogP contribution in [0.4, 0.5) is 5.88 Å². The van der Waals surface area contributed by atoms with E-state index in [2.05, 4.69) is 10.5 Å². The van der Waals surface area contributed by atoms with Gasteiger partial charge >= 0.3 is 5.88 Å². The SMILES string of the molecule is Cc1cccc(C(=O)N/N=C\C=C\c2ccc([N+](=O)[O-])o2)c1. The van der Waals surface area contributed by atoms with E-state index in [1.807, 2.05) is 13.0 Å². The molecule has 0 saturated carbocycles. The number of rotatable bonds is 5. The van der Waals surface area contributed by atoms with Crippen molar-refractivity contribution in [2.75, 3.05) is 0 Å². The topological polar surface area (TPSA) is 97.7 Å². The van der Waals surface area contributed by atoms with Gasteiger partial charge in [0.05, 0.1) is 6.07 Å². The molecule has 22 heavy (non-hydrogen) atoms. The molecule has 7 nitrogen and oxygen atoms in total. The average Bonchev–Trinajstić information content (AvgIpc) is 2.96. The summed E-state index contributed by atoms with van der Waals surface area (Å²) in [6.45, 7) is 1.89. The first-order valence-corrected chi connectivity index (χ1v) is 6.37. The maximum absolute atomic E-state index is 11.8. The molecule has 0 bridgehead atoms. The molecule has 1 aromatic heterocycles. The van der Waals surface area contributed by atoms with Crippen LogP contribution in [0.25, 0.3) is 6.08 Å². The van der Waals surface area contributed by atoms with Gasteiger partial charge in [-0.15, -0.1) is 0 Å². The van der Waals surface area contributed by atoms with E-state index >= 15 is 0 Å². The summed E-state index contributed by atoms with van der Waals surface area (Å²) in [7, 11) is 0. The molecule has 2 rings (SSSR count). The second-order valence-electron chi connectivity index (χ2n) is 4.38. The van der Waals surface area contributed by atoms with Crippen LogP contribution in [0.2, 0.25) is 0 Å². The van der Waals surface area contributed by atoms with E-state index < -0.39 is 4.92 Å². The number of nitrogens with zero attached hydrogens (tertiary/aromatic N) is 2. The Hall–Kier alpha value is -3.22. The fraction of sp³-hybridized carbons (Fsp3) is 0.0667. The zero-order chi connectivity index (χ0) is 15.9. The highest BCUT2D eigenvalue weighted by Gasteiger charge is 2.09. The van der Waals surface area contributed by atoms with Crippen molar-refractivity contribution in [3.63, 3.8) is 0 Å². The van der Waals surface area contributed by atoms with Gasteiger partial charge in [-0.3, -0.25) is 14.9 Å². The summed E-state index contributed by atoms with van der Waals surface area (Å²) in [5.74, 6) is -0.325. The van der Waals surface area contributed by atoms with Gasteiger partial charge in [-0.25, -0.2) is 5.43 Å². The van der Waals surface area contributed by atoms with Crippen LogP contribution in [0.5, 0.6) is 0 Å². The summed E-state index contributed by atoms with van der Waals surface area (Å²) in [6, 6.07) is 9.85. The third kappa shape index (κ3) is 4.14. The maximum atomic E-state index is 11.8. The van der Waals surface area contributed by atoms with Gasteiger partial charge < -0.3 is 4.42 Å². The summed E-state index contributed by atoms with van der Waals surface area (Å²) < 4.78 is 4.92. The number of hydrazone groups is 1. The van der Waals surface area contributed by atoms with Crippen LogP contribution in [-0.4, -0.2) is 17.0 Å². The monoisotopic (exact) mass is 299 g/mol. The highest BCUT2D eigenvalue weighted by molar-refractivity contribution is 5.94. The van der Waals surface area contributed by atoms with Crippen molar-refractivity contribution < 1.29 is 14.1 Å². The standard InChI is InChI=1S/C15H13N3O4/c1-11-4-2-5-12(10-11)15(19)17-16-9-3-6-13-7-8-14(22-13)18(20)21/h2-10H,1H3,(H,17,19)/b6-3+,16-9-. The Labute approximate surface area is 126 Å². The number of carbonyl (C=O) groups excluding carboxylic acids is 1. The molecule has 0 atom stereocenters. The molecule has 0 aliphatic heterocycles. The lowest BCUT2D eigenvalue weighted by atomic mass is 10.1. The third-order valence-corrected chi connectivity index (χ3v) is 2.66. The first kappa shape index (κ1) is 15.2. The Morgan fingerprint density at radius 1 is 1.36 bits per heavy atom. The van der Waals surface area contributed by atoms with Gasteiger partial charge in [-0.1, -0.05) is 17.7 Å². The number of furan rings is 1. The van der Waals surface area contributed by atoms with Crippen LogP contribution in [-0.2, 0) is 0 Å². The second kappa shape index (κ2) is 6.98. The number of hydrogen-bond donors (Lipinski definition) is 1. The molecule has 0 fully saturated rings. The minimum atomic E-state index is -0.618. The van der Waals surface area contributed by atoms with Crippen molar-refractivity contribution in [3.8, 4) is 0 Å². The van der Waals surface area contributed by atoms with Gasteiger partial charge in [0.15, 0.2) is 0 Å². The van der Waals surface area contributed by atoms with Gasteiger partial charge in [0.2, 0.25) is 0 Å². The van der Waals surface area contributed by atoms with Crippen molar-refractivity contribution in [1.29, 1.82) is 0 Å². The van der Waals surface area contributed by atoms with Crippen LogP contribution in [0.15, 0.2) is 52.0 Å². The Bertz CT molecular complexity index is 747. The van der Waals surface area contributed by atoms with E-state index in [1.165, 1.54) is 30.5 Å². The fourth-order valence-corrected chi connectivity index (χ4v) is 1.66. The van der Waals surface area contributed by atoms with Gasteiger partial charge in [-0.05, 0) is 37.3 Å². The van der Waals surface area contributed by atoms with Gasteiger partial charge in [0.25, 0.3) is 5.91 Å². The van der Waals surface area contributed by atoms with E-state index in [-0.39, 0.29) is 11.8 Å². The number of nitro groups is 1. The largest absolute Gasteiger partial charge is 0.433 e. The molecule has 0 spiro atoms. The van der Waals surface area contributed by atoms with Crippen LogP contribution >= 0.6 is 0 Å². The lowest BCUT2D eigenvalue weighted by molar-refractivity contribution is -0.402. The highest BCUT2D eigenvalue weighted by atomic mass is 16.6. The molecule has 1 N–H and O–H groups in total. The maximum Gasteiger partial charge on any atom is 0.433 e. The summed E-state index contributed by atoms with van der Waals surface area (Å²) >= 11 is 0. The minimum Gasteiger partial charge on any atom is -0.401 e. The highest BCUT2D eigenvalue weighted by Crippen LogP contribution is 2.16. The number of allylic oxidation sites excluding steroid dienone is 1. The minimum absolute atomic E-state index is 0.318. The fourth-order valence-electron chi connectivity index (χ4n) is 1.66. The van der Waals surface area contributed by atoms with Crippen LogP contribution in [0, 0.1) is 17.0 Å². The summed E-state index contributed by atoms with van der Waals surface area (Å²) in [4.78, 5) is 21.6. The number of benzene rings is 1. The van der Waals surface area contributed by atoms with E-state index in [1.54, 1.807) is 18.2 Å². The van der Waals surface area contributed by atoms with Crippen LogP contribution < -0.4 is 5.43 Å². The number of carbonyl (C=O) groups is 1. The Morgan fingerprint density at radius 2 is 2.18 bits per heavy atom. The van der Waals surface area contributed by atoms with Gasteiger partial charge in [-0.2, -0.15) is 5.10 Å².